The molecule has 150 heavy (non-hydrogen) atoms. The van der Waals surface area contributed by atoms with Crippen LogP contribution in [0.3, 0.4) is 0 Å². The highest BCUT2D eigenvalue weighted by atomic mass is 15.2. The Kier molecular flexibility index (Phi) is 21.5. The Bertz CT molecular complexity index is 10200. The van der Waals surface area contributed by atoms with Gasteiger partial charge >= 0.3 is 0 Å². The summed E-state index contributed by atoms with van der Waals surface area (Å²) in [4.78, 5) is 46.1. The number of aromatic nitrogens is 15. The van der Waals surface area contributed by atoms with Crippen LogP contribution in [0.4, 0.5) is 0 Å². The van der Waals surface area contributed by atoms with Crippen molar-refractivity contribution in [2.24, 2.45) is 0 Å². The van der Waals surface area contributed by atoms with Crippen molar-refractivity contribution in [2.45, 2.75) is 0 Å². The molecule has 9 aromatic heterocycles. The Morgan fingerprint density at radius 3 is 0.707 bits per heavy atom. The third kappa shape index (κ3) is 15.1. The molecule has 0 saturated carbocycles. The molecular weight excluding hydrogens is 1830 g/mol. The van der Waals surface area contributed by atoms with E-state index in [1.807, 2.05) is 158 Å². The molecule has 0 aliphatic heterocycles. The second kappa shape index (κ2) is 37.0. The number of nitrogens with zero attached hydrogens (tertiary/aromatic N) is 15. The Hall–Kier alpha value is -20.5. The molecule has 0 N–H and O–H groups in total. The molecule has 0 spiro atoms. The van der Waals surface area contributed by atoms with E-state index >= 15 is 0 Å². The van der Waals surface area contributed by atoms with Gasteiger partial charge in [-0.15, -0.1) is 0 Å². The van der Waals surface area contributed by atoms with Gasteiger partial charge < -0.3 is 13.7 Å². The average molecular weight is 1920 g/mol. The topological polar surface area (TPSA) is 146 Å². The van der Waals surface area contributed by atoms with Gasteiger partial charge in [-0.2, -0.15) is 29.9 Å². The molecule has 0 aliphatic rings. The zero-order valence-electron chi connectivity index (χ0n) is 80.9. The van der Waals surface area contributed by atoms with E-state index in [0.29, 0.717) is 52.8 Å². The monoisotopic (exact) mass is 1920 g/mol. The van der Waals surface area contributed by atoms with Gasteiger partial charge in [-0.05, 0) is 137 Å². The summed E-state index contributed by atoms with van der Waals surface area (Å²) in [5, 5.41) is 14.1. The smallest absolute Gasteiger partial charge is 0.238 e. The molecule has 30 aromatic rings. The first-order valence-electron chi connectivity index (χ1n) is 50.4. The molecule has 0 saturated heterocycles. The van der Waals surface area contributed by atoms with Gasteiger partial charge in [-0.1, -0.05) is 425 Å². The zero-order valence-corrected chi connectivity index (χ0v) is 80.9. The Morgan fingerprint density at radius 2 is 0.353 bits per heavy atom. The van der Waals surface area contributed by atoms with E-state index in [-0.39, 0.29) is 0 Å². The number of para-hydroxylation sites is 7. The first kappa shape index (κ1) is 87.3. The number of benzene rings is 21. The molecule has 0 fully saturated rings. The van der Waals surface area contributed by atoms with E-state index in [0.717, 1.165) is 160 Å². The summed E-state index contributed by atoms with van der Waals surface area (Å²) >= 11 is 0. The van der Waals surface area contributed by atoms with Crippen molar-refractivity contribution in [2.75, 3.05) is 0 Å². The number of fused-ring (bicyclic) bond motifs is 21. The quantitative estimate of drug-likeness (QED) is 0.0979. The lowest BCUT2D eigenvalue weighted by Gasteiger charge is -2.13. The highest BCUT2D eigenvalue weighted by Gasteiger charge is 2.31. The van der Waals surface area contributed by atoms with Crippen LogP contribution in [0.2, 0.25) is 0 Å². The van der Waals surface area contributed by atoms with Gasteiger partial charge in [-0.25, -0.2) is 15.0 Å². The molecule has 0 unspecified atom stereocenters. The van der Waals surface area contributed by atoms with Crippen LogP contribution in [0, 0.1) is 0 Å². The molecule has 0 aliphatic carbocycles. The first-order valence-corrected chi connectivity index (χ1v) is 50.4. The summed E-state index contributed by atoms with van der Waals surface area (Å²) in [6.45, 7) is 0. The lowest BCUT2D eigenvalue weighted by Crippen LogP contribution is -2.06. The lowest BCUT2D eigenvalue weighted by atomic mass is 9.97. The lowest BCUT2D eigenvalue weighted by molar-refractivity contribution is 0.953. The van der Waals surface area contributed by atoms with E-state index in [9.17, 15) is 0 Å². The van der Waals surface area contributed by atoms with Gasteiger partial charge in [0.15, 0.2) is 34.9 Å². The summed E-state index contributed by atoms with van der Waals surface area (Å²) < 4.78 is 13.9. The maximum absolute atomic E-state index is 5.21. The Balaban J connectivity index is 0.000000108. The Labute approximate surface area is 861 Å². The van der Waals surface area contributed by atoms with Gasteiger partial charge in [0, 0.05) is 115 Å². The van der Waals surface area contributed by atoms with Crippen molar-refractivity contribution < 1.29 is 0 Å². The minimum atomic E-state index is 0.574. The van der Waals surface area contributed by atoms with Gasteiger partial charge in [0.2, 0.25) is 17.8 Å². The van der Waals surface area contributed by atoms with Gasteiger partial charge in [0.05, 0.1) is 66.2 Å². The molecule has 0 amide bonds. The number of hydrogen-bond donors (Lipinski definition) is 0. The molecule has 15 heteroatoms. The standard InChI is InChI=1S/3C45H29N5/c1-5-17-30(18-6-1)36-29-39-41(42-40(36)34-25-13-15-27-37(34)49(42)33-23-11-4-12-24-33)35-26-14-16-28-38(35)50(39)45-47-43(31-19-7-2-8-20-31)46-44(48-45)32-21-9-3-10-22-32;1-5-15-30(16-6-1)33-25-27-39-37(29-33)35-26-28-40-41(42(35)49(39)34-21-11-4-12-22-34)36-23-13-14-24-38(36)50(40)45-47-43(31-17-7-2-8-18-31)46-44(48-45)32-19-9-3-10-20-32;1-5-15-30(16-6-1)33-25-27-39-37(29-33)41-40(28-26-36-35-23-13-14-24-38(35)49(42(36)41)34-21-11-4-12-22-34)50(39)45-47-43(31-17-7-2-8-18-31)46-44(48-45)32-19-9-3-10-20-32/h3*1-29H. The maximum Gasteiger partial charge on any atom is 0.238 e. The third-order valence-electron chi connectivity index (χ3n) is 28.7. The molecule has 0 atom stereocenters. The molecule has 9 heterocycles. The fraction of sp³-hybridized carbons (Fsp3) is 0. The van der Waals surface area contributed by atoms with E-state index < -0.39 is 0 Å². The van der Waals surface area contributed by atoms with E-state index in [1.165, 1.54) is 54.5 Å². The van der Waals surface area contributed by atoms with Crippen LogP contribution >= 0.6 is 0 Å². The van der Waals surface area contributed by atoms with E-state index in [4.69, 9.17) is 44.9 Å². The second-order valence-electron chi connectivity index (χ2n) is 37.4. The van der Waals surface area contributed by atoms with Gasteiger partial charge in [0.1, 0.15) is 0 Å². The Morgan fingerprint density at radius 1 is 0.120 bits per heavy atom. The third-order valence-corrected chi connectivity index (χ3v) is 28.7. The predicted octanol–water partition coefficient (Wildman–Crippen LogP) is 33.2. The number of rotatable bonds is 15. The summed E-state index contributed by atoms with van der Waals surface area (Å²) in [5.74, 6) is 5.51. The minimum absolute atomic E-state index is 0.574. The van der Waals surface area contributed by atoms with Gasteiger partial charge in [0.25, 0.3) is 0 Å². The predicted molar refractivity (Wildman–Crippen MR) is 614 cm³/mol. The molecule has 30 rings (SSSR count). The van der Waals surface area contributed by atoms with Crippen molar-refractivity contribution >= 4 is 131 Å². The molecule has 21 aromatic carbocycles. The van der Waals surface area contributed by atoms with Crippen LogP contribution < -0.4 is 0 Å². The van der Waals surface area contributed by atoms with Crippen LogP contribution in [0.1, 0.15) is 0 Å². The maximum atomic E-state index is 5.21. The largest absolute Gasteiger partial charge is 0.309 e. The van der Waals surface area contributed by atoms with Crippen molar-refractivity contribution in [3.8, 4) is 137 Å². The van der Waals surface area contributed by atoms with E-state index in [2.05, 4.69) is 397 Å². The normalized spacial score (nSPS) is 11.6. The van der Waals surface area contributed by atoms with Crippen molar-refractivity contribution in [1.29, 1.82) is 0 Å². The summed E-state index contributed by atoms with van der Waals surface area (Å²) in [6.07, 6.45) is 0. The van der Waals surface area contributed by atoms with Crippen LogP contribution in [0.5, 0.6) is 0 Å². The highest BCUT2D eigenvalue weighted by molar-refractivity contribution is 6.31. The highest BCUT2D eigenvalue weighted by Crippen LogP contribution is 2.50. The van der Waals surface area contributed by atoms with Crippen molar-refractivity contribution in [1.82, 2.24) is 72.3 Å². The zero-order chi connectivity index (χ0) is 99.1. The minimum Gasteiger partial charge on any atom is -0.309 e. The van der Waals surface area contributed by atoms with Crippen LogP contribution in [-0.2, 0) is 0 Å². The summed E-state index contributed by atoms with van der Waals surface area (Å²) in [6, 6.07) is 184. The van der Waals surface area contributed by atoms with Crippen LogP contribution in [0.25, 0.3) is 267 Å². The van der Waals surface area contributed by atoms with Crippen LogP contribution in [0.15, 0.2) is 528 Å². The molecule has 0 radical (unpaired) electrons. The summed E-state index contributed by atoms with van der Waals surface area (Å²) in [7, 11) is 0. The summed E-state index contributed by atoms with van der Waals surface area (Å²) in [5.41, 5.74) is 29.1. The fourth-order valence-electron chi connectivity index (χ4n) is 22.1. The number of hydrogen-bond acceptors (Lipinski definition) is 9. The van der Waals surface area contributed by atoms with Crippen molar-refractivity contribution in [3.05, 3.63) is 528 Å². The van der Waals surface area contributed by atoms with Crippen LogP contribution in [-0.4, -0.2) is 72.3 Å². The molecular formula is C135H87N15. The fourth-order valence-corrected chi connectivity index (χ4v) is 22.1. The SMILES string of the molecule is c1ccc(-c2ccc3c(c2)c2c(ccc4c5ccccc5n(-c5ccccc5)c42)n3-c2nc(-c3ccccc3)nc(-c3ccccc3)n2)cc1.c1ccc(-c2ccc3c(c2)c2ccc4c(c5ccccc5n4-c4nc(-c5ccccc5)nc(-c5ccccc5)n4)c2n3-c2ccccc2)cc1.c1ccc(-c2nc(-c3ccccc3)nc(-n3c4ccccc4c4c3cc(-c3ccccc3)c3c5ccccc5n(-c5ccccc5)c34)n2)cc1. The van der Waals surface area contributed by atoms with Gasteiger partial charge in [-0.3, -0.25) is 13.7 Å². The van der Waals surface area contributed by atoms with E-state index in [1.54, 1.807) is 0 Å². The van der Waals surface area contributed by atoms with Crippen molar-refractivity contribution in [3.63, 3.8) is 0 Å². The molecule has 15 nitrogen and oxygen atoms in total. The molecule has 0 bridgehead atoms. The molecule has 702 valence electrons. The second-order valence-corrected chi connectivity index (χ2v) is 37.4. The average Bonchev–Trinajstić information content (AvgIpc) is 1.54. The first-order chi connectivity index (χ1) is 74.5.